The Kier molecular flexibility index (Phi) is 15.9. The van der Waals surface area contributed by atoms with Crippen molar-refractivity contribution < 1.29 is 24.8 Å². The molecule has 0 spiro atoms. The van der Waals surface area contributed by atoms with Crippen molar-refractivity contribution in [3.05, 3.63) is 12.2 Å². The first-order valence-electron chi connectivity index (χ1n) is 11.6. The third kappa shape index (κ3) is 11.5. The van der Waals surface area contributed by atoms with Crippen LogP contribution in [0.3, 0.4) is 0 Å². The molecule has 0 bridgehead atoms. The fraction of sp³-hybridized carbons (Fsp3) is 0.913. The molecule has 0 radical (unpaired) electrons. The average molecular weight is 401 g/mol. The smallest absolute Gasteiger partial charge is 0.114 e. The molecule has 1 aliphatic heterocycles. The molecule has 0 aromatic carbocycles. The minimum absolute atomic E-state index is 0.272. The zero-order valence-corrected chi connectivity index (χ0v) is 17.9. The first kappa shape index (κ1) is 25.6. The Morgan fingerprint density at radius 1 is 0.929 bits per heavy atom. The SMILES string of the molecule is CCCCCCCC/C=C/CCCCCCCO[C@@H]1CO[C@@H]([C@@H](O)CO)[C@H]1O. The van der Waals surface area contributed by atoms with E-state index in [0.29, 0.717) is 6.61 Å². The van der Waals surface area contributed by atoms with E-state index in [1.165, 1.54) is 70.6 Å². The lowest BCUT2D eigenvalue weighted by atomic mass is 10.1. The standard InChI is InChI=1S/C23H44O5/c1-2-3-4-5-6-7-8-9-10-11-12-13-14-15-16-17-27-21-19-28-23(22(21)26)20(25)18-24/h9-10,20-26H,2-8,11-19H2,1H3/b10-9+/t20-,21+,22-,23-/m0/s1. The van der Waals surface area contributed by atoms with Crippen molar-refractivity contribution in [3.8, 4) is 0 Å². The van der Waals surface area contributed by atoms with Gasteiger partial charge in [-0.05, 0) is 32.1 Å². The van der Waals surface area contributed by atoms with E-state index in [2.05, 4.69) is 19.1 Å². The Morgan fingerprint density at radius 3 is 2.11 bits per heavy atom. The molecule has 0 aromatic heterocycles. The van der Waals surface area contributed by atoms with Crippen molar-refractivity contribution >= 4 is 0 Å². The lowest BCUT2D eigenvalue weighted by Gasteiger charge is -2.20. The minimum Gasteiger partial charge on any atom is -0.394 e. The zero-order chi connectivity index (χ0) is 20.5. The van der Waals surface area contributed by atoms with Gasteiger partial charge in [-0.2, -0.15) is 0 Å². The van der Waals surface area contributed by atoms with Crippen molar-refractivity contribution in [2.45, 2.75) is 115 Å². The van der Waals surface area contributed by atoms with Crippen LogP contribution in [0.25, 0.3) is 0 Å². The molecule has 3 N–H and O–H groups in total. The van der Waals surface area contributed by atoms with Crippen LogP contribution in [0.15, 0.2) is 12.2 Å². The van der Waals surface area contributed by atoms with Crippen molar-refractivity contribution in [1.29, 1.82) is 0 Å². The van der Waals surface area contributed by atoms with Crippen LogP contribution in [0.1, 0.15) is 90.4 Å². The molecule has 4 atom stereocenters. The van der Waals surface area contributed by atoms with Crippen LogP contribution >= 0.6 is 0 Å². The summed E-state index contributed by atoms with van der Waals surface area (Å²) >= 11 is 0. The van der Waals surface area contributed by atoms with E-state index in [-0.39, 0.29) is 6.61 Å². The topological polar surface area (TPSA) is 79.2 Å². The number of aliphatic hydroxyl groups is 3. The summed E-state index contributed by atoms with van der Waals surface area (Å²) in [6, 6.07) is 0. The molecule has 0 unspecified atom stereocenters. The minimum atomic E-state index is -1.05. The Morgan fingerprint density at radius 2 is 1.50 bits per heavy atom. The quantitative estimate of drug-likeness (QED) is 0.238. The molecule has 1 fully saturated rings. The molecule has 1 heterocycles. The number of unbranched alkanes of at least 4 members (excludes halogenated alkanes) is 11. The number of rotatable bonds is 18. The van der Waals surface area contributed by atoms with Crippen molar-refractivity contribution in [2.24, 2.45) is 0 Å². The molecule has 166 valence electrons. The highest BCUT2D eigenvalue weighted by atomic mass is 16.6. The van der Waals surface area contributed by atoms with Crippen LogP contribution in [0.4, 0.5) is 0 Å². The molecule has 0 aromatic rings. The lowest BCUT2D eigenvalue weighted by molar-refractivity contribution is -0.0730. The van der Waals surface area contributed by atoms with Gasteiger partial charge in [0, 0.05) is 6.61 Å². The highest BCUT2D eigenvalue weighted by Gasteiger charge is 2.40. The van der Waals surface area contributed by atoms with E-state index in [4.69, 9.17) is 14.6 Å². The van der Waals surface area contributed by atoms with E-state index in [1.54, 1.807) is 0 Å². The first-order valence-corrected chi connectivity index (χ1v) is 11.6. The maximum atomic E-state index is 10.0. The molecule has 28 heavy (non-hydrogen) atoms. The number of hydrogen-bond acceptors (Lipinski definition) is 5. The largest absolute Gasteiger partial charge is 0.394 e. The molecule has 5 nitrogen and oxygen atoms in total. The summed E-state index contributed by atoms with van der Waals surface area (Å²) in [5, 5.41) is 28.5. The van der Waals surface area contributed by atoms with Crippen LogP contribution in [-0.4, -0.2) is 59.6 Å². The molecule has 0 aliphatic carbocycles. The first-order chi connectivity index (χ1) is 13.7. The van der Waals surface area contributed by atoms with Gasteiger partial charge in [-0.25, -0.2) is 0 Å². The van der Waals surface area contributed by atoms with Crippen molar-refractivity contribution in [2.75, 3.05) is 19.8 Å². The van der Waals surface area contributed by atoms with Crippen LogP contribution in [0, 0.1) is 0 Å². The Hall–Kier alpha value is -0.460. The summed E-state index contributed by atoms with van der Waals surface area (Å²) < 4.78 is 11.0. The summed E-state index contributed by atoms with van der Waals surface area (Å²) in [4.78, 5) is 0. The fourth-order valence-electron chi connectivity index (χ4n) is 3.61. The van der Waals surface area contributed by atoms with Gasteiger partial charge in [0.15, 0.2) is 0 Å². The molecule has 1 aliphatic rings. The zero-order valence-electron chi connectivity index (χ0n) is 17.9. The van der Waals surface area contributed by atoms with E-state index in [0.717, 1.165) is 12.8 Å². The second-order valence-electron chi connectivity index (χ2n) is 8.03. The van der Waals surface area contributed by atoms with Gasteiger partial charge in [0.1, 0.15) is 24.4 Å². The summed E-state index contributed by atoms with van der Waals surface area (Å²) in [5.74, 6) is 0. The highest BCUT2D eigenvalue weighted by Crippen LogP contribution is 2.20. The van der Waals surface area contributed by atoms with E-state index in [9.17, 15) is 10.2 Å². The predicted molar refractivity (Wildman–Crippen MR) is 113 cm³/mol. The number of ether oxygens (including phenoxy) is 2. The monoisotopic (exact) mass is 400 g/mol. The van der Waals surface area contributed by atoms with Gasteiger partial charge in [-0.1, -0.05) is 70.4 Å². The predicted octanol–water partition coefficient (Wildman–Crippen LogP) is 4.13. The summed E-state index contributed by atoms with van der Waals surface area (Å²) in [6.45, 7) is 2.72. The van der Waals surface area contributed by atoms with E-state index >= 15 is 0 Å². The molecular weight excluding hydrogens is 356 g/mol. The summed E-state index contributed by atoms with van der Waals surface area (Å²) in [7, 11) is 0. The van der Waals surface area contributed by atoms with Crippen LogP contribution in [0.5, 0.6) is 0 Å². The Labute approximate surface area is 172 Å². The van der Waals surface area contributed by atoms with Gasteiger partial charge in [0.2, 0.25) is 0 Å². The third-order valence-corrected chi connectivity index (χ3v) is 5.47. The molecule has 0 amide bonds. The molecule has 1 saturated heterocycles. The number of aliphatic hydroxyl groups excluding tert-OH is 3. The van der Waals surface area contributed by atoms with Gasteiger partial charge < -0.3 is 24.8 Å². The second kappa shape index (κ2) is 17.4. The van der Waals surface area contributed by atoms with E-state index < -0.39 is 31.0 Å². The third-order valence-electron chi connectivity index (χ3n) is 5.47. The van der Waals surface area contributed by atoms with Crippen LogP contribution in [0.2, 0.25) is 0 Å². The molecular formula is C23H44O5. The summed E-state index contributed by atoms with van der Waals surface area (Å²) in [6.07, 6.45) is 18.1. The lowest BCUT2D eigenvalue weighted by Crippen LogP contribution is -2.41. The van der Waals surface area contributed by atoms with Gasteiger partial charge in [-0.15, -0.1) is 0 Å². The van der Waals surface area contributed by atoms with Crippen molar-refractivity contribution in [3.63, 3.8) is 0 Å². The molecule has 5 heteroatoms. The Bertz CT molecular complexity index is 374. The second-order valence-corrected chi connectivity index (χ2v) is 8.03. The Balaban J connectivity index is 1.85. The van der Waals surface area contributed by atoms with Gasteiger partial charge >= 0.3 is 0 Å². The highest BCUT2D eigenvalue weighted by molar-refractivity contribution is 4.88. The van der Waals surface area contributed by atoms with Gasteiger partial charge in [0.05, 0.1) is 13.2 Å². The van der Waals surface area contributed by atoms with Crippen molar-refractivity contribution in [1.82, 2.24) is 0 Å². The van der Waals surface area contributed by atoms with E-state index in [1.807, 2.05) is 0 Å². The van der Waals surface area contributed by atoms with Crippen LogP contribution < -0.4 is 0 Å². The van der Waals surface area contributed by atoms with Gasteiger partial charge in [-0.3, -0.25) is 0 Å². The molecule has 1 rings (SSSR count). The van der Waals surface area contributed by atoms with Gasteiger partial charge in [0.25, 0.3) is 0 Å². The molecule has 0 saturated carbocycles. The van der Waals surface area contributed by atoms with Crippen LogP contribution in [-0.2, 0) is 9.47 Å². The summed E-state index contributed by atoms with van der Waals surface area (Å²) in [5.41, 5.74) is 0. The number of hydrogen-bond donors (Lipinski definition) is 3. The average Bonchev–Trinajstić information content (AvgIpc) is 3.07. The normalized spacial score (nSPS) is 23.6. The maximum Gasteiger partial charge on any atom is 0.114 e. The fourth-order valence-corrected chi connectivity index (χ4v) is 3.61. The maximum absolute atomic E-state index is 10.0. The number of allylic oxidation sites excluding steroid dienone is 2.